The highest BCUT2D eigenvalue weighted by Gasteiger charge is 2.45. The first-order valence-corrected chi connectivity index (χ1v) is 11.5. The number of halogens is 1. The average Bonchev–Trinajstić information content (AvgIpc) is 2.79. The number of benzene rings is 4. The third kappa shape index (κ3) is 4.22. The first kappa shape index (κ1) is 21.1. The number of ether oxygens (including phenoxy) is 1. The molecule has 0 atom stereocenters. The summed E-state index contributed by atoms with van der Waals surface area (Å²) >= 11 is 0. The van der Waals surface area contributed by atoms with Crippen molar-refractivity contribution >= 4 is 23.2 Å². The molecule has 0 aliphatic carbocycles. The summed E-state index contributed by atoms with van der Waals surface area (Å²) in [4.78, 5) is 0. The monoisotopic (exact) mass is 418 g/mol. The predicted molar refractivity (Wildman–Crippen MR) is 122 cm³/mol. The zero-order valence-electron chi connectivity index (χ0n) is 16.4. The van der Waals surface area contributed by atoms with E-state index >= 15 is 0 Å². The lowest BCUT2D eigenvalue weighted by Gasteiger charge is -2.28. The van der Waals surface area contributed by atoms with E-state index < -0.39 is 7.26 Å². The molecule has 0 radical (unpaired) electrons. The maximum Gasteiger partial charge on any atom is 0.125 e. The topological polar surface area (TPSA) is 9.23 Å². The molecule has 0 saturated heterocycles. The molecule has 0 saturated carbocycles. The molecular weight excluding hydrogens is 395 g/mol. The minimum absolute atomic E-state index is 0. The molecule has 0 aromatic heterocycles. The minimum Gasteiger partial charge on any atom is -1.00 e. The van der Waals surface area contributed by atoms with Crippen LogP contribution in [0.25, 0.3) is 0 Å². The molecule has 1 nitrogen and oxygen atoms in total. The molecule has 4 rings (SSSR count). The molecule has 0 bridgehead atoms. The average molecular weight is 419 g/mol. The lowest BCUT2D eigenvalue weighted by atomic mass is 10.2. The van der Waals surface area contributed by atoms with Gasteiger partial charge in [0.25, 0.3) is 0 Å². The fourth-order valence-electron chi connectivity index (χ4n) is 3.86. The maximum atomic E-state index is 5.72. The number of hydrogen-bond donors (Lipinski definition) is 0. The first-order valence-electron chi connectivity index (χ1n) is 9.51. The second-order valence-electron chi connectivity index (χ2n) is 6.79. The van der Waals surface area contributed by atoms with Gasteiger partial charge in [0.15, 0.2) is 0 Å². The van der Waals surface area contributed by atoms with Crippen LogP contribution in [0.4, 0.5) is 0 Å². The van der Waals surface area contributed by atoms with Crippen molar-refractivity contribution in [3.05, 3.63) is 121 Å². The Morgan fingerprint density at radius 1 is 0.552 bits per heavy atom. The molecule has 4 aromatic carbocycles. The highest BCUT2D eigenvalue weighted by Crippen LogP contribution is 2.58. The van der Waals surface area contributed by atoms with E-state index in [9.17, 15) is 0 Å². The van der Waals surface area contributed by atoms with Crippen molar-refractivity contribution in [3.8, 4) is 5.75 Å². The summed E-state index contributed by atoms with van der Waals surface area (Å²) in [6, 6.07) is 41.3. The first-order chi connectivity index (χ1) is 13.8. The van der Waals surface area contributed by atoms with Crippen LogP contribution in [0.1, 0.15) is 5.56 Å². The van der Waals surface area contributed by atoms with Crippen LogP contribution in [0, 0.1) is 0 Å². The summed E-state index contributed by atoms with van der Waals surface area (Å²) in [5.41, 5.74) is 1.25. The summed E-state index contributed by atoms with van der Waals surface area (Å²) in [5.74, 6) is 0.953. The van der Waals surface area contributed by atoms with Gasteiger partial charge in [-0.05, 0) is 42.5 Å². The van der Waals surface area contributed by atoms with Gasteiger partial charge in [0, 0.05) is 5.56 Å². The Hall–Kier alpha value is -2.60. The molecule has 29 heavy (non-hydrogen) atoms. The third-order valence-corrected chi connectivity index (χ3v) is 9.55. The summed E-state index contributed by atoms with van der Waals surface area (Å²) in [7, 11) is -0.139. The van der Waals surface area contributed by atoms with Crippen molar-refractivity contribution in [2.75, 3.05) is 7.11 Å². The van der Waals surface area contributed by atoms with Crippen molar-refractivity contribution in [1.29, 1.82) is 0 Å². The highest BCUT2D eigenvalue weighted by molar-refractivity contribution is 7.95. The zero-order valence-corrected chi connectivity index (χ0v) is 18.1. The molecule has 4 aromatic rings. The van der Waals surface area contributed by atoms with Gasteiger partial charge in [-0.2, -0.15) is 0 Å². The Morgan fingerprint density at radius 2 is 0.931 bits per heavy atom. The van der Waals surface area contributed by atoms with Gasteiger partial charge in [-0.15, -0.1) is 0 Å². The number of methoxy groups -OCH3 is 1. The minimum atomic E-state index is -1.90. The standard InChI is InChI=1S/C26H24OP.ClH/c1-27-26-20-12-11-13-22(26)21-28(23-14-5-2-6-15-23,24-16-7-3-8-17-24)25-18-9-4-10-19-25;/h2-20H,21H2,1H3;1H/q+1;/p-1. The number of para-hydroxylation sites is 1. The second kappa shape index (κ2) is 9.74. The van der Waals surface area contributed by atoms with Crippen LogP contribution in [0.5, 0.6) is 5.75 Å². The van der Waals surface area contributed by atoms with Gasteiger partial charge in [-0.1, -0.05) is 72.8 Å². The Kier molecular flexibility index (Phi) is 7.09. The quantitative estimate of drug-likeness (QED) is 0.436. The fourth-order valence-corrected chi connectivity index (χ4v) is 8.12. The second-order valence-corrected chi connectivity index (χ2v) is 10.3. The molecule has 0 heterocycles. The molecule has 0 amide bonds. The van der Waals surface area contributed by atoms with Crippen LogP contribution in [0.3, 0.4) is 0 Å². The van der Waals surface area contributed by atoms with Gasteiger partial charge in [0.1, 0.15) is 35.1 Å². The van der Waals surface area contributed by atoms with Crippen LogP contribution >= 0.6 is 7.26 Å². The third-order valence-electron chi connectivity index (χ3n) is 5.19. The maximum absolute atomic E-state index is 5.72. The Bertz CT molecular complexity index is 923. The summed E-state index contributed by atoms with van der Waals surface area (Å²) < 4.78 is 5.72. The van der Waals surface area contributed by atoms with Gasteiger partial charge in [0.2, 0.25) is 0 Å². The largest absolute Gasteiger partial charge is 1.00 e. The van der Waals surface area contributed by atoms with Gasteiger partial charge >= 0.3 is 0 Å². The summed E-state index contributed by atoms with van der Waals surface area (Å²) in [6.45, 7) is 0. The lowest BCUT2D eigenvalue weighted by molar-refractivity contribution is -0.00000572. The van der Waals surface area contributed by atoms with Gasteiger partial charge in [-0.25, -0.2) is 0 Å². The van der Waals surface area contributed by atoms with Crippen molar-refractivity contribution in [3.63, 3.8) is 0 Å². The van der Waals surface area contributed by atoms with Crippen molar-refractivity contribution < 1.29 is 17.1 Å². The zero-order chi connectivity index (χ0) is 19.2. The molecule has 0 aliphatic heterocycles. The fraction of sp³-hybridized carbons (Fsp3) is 0.0769. The SMILES string of the molecule is COc1ccccc1C[P+](c1ccccc1)(c1ccccc1)c1ccccc1.[Cl-]. The van der Waals surface area contributed by atoms with Gasteiger partial charge < -0.3 is 17.1 Å². The van der Waals surface area contributed by atoms with Crippen LogP contribution in [-0.2, 0) is 6.16 Å². The molecular formula is C26H24ClOP. The van der Waals surface area contributed by atoms with E-state index in [4.69, 9.17) is 4.74 Å². The molecule has 0 N–H and O–H groups in total. The molecule has 0 aliphatic rings. The van der Waals surface area contributed by atoms with Crippen molar-refractivity contribution in [2.24, 2.45) is 0 Å². The van der Waals surface area contributed by atoms with Crippen molar-refractivity contribution in [2.45, 2.75) is 6.16 Å². The van der Waals surface area contributed by atoms with E-state index in [-0.39, 0.29) is 12.4 Å². The Morgan fingerprint density at radius 3 is 1.34 bits per heavy atom. The number of hydrogen-bond acceptors (Lipinski definition) is 1. The van der Waals surface area contributed by atoms with E-state index in [1.165, 1.54) is 21.5 Å². The van der Waals surface area contributed by atoms with E-state index in [1.807, 2.05) is 6.07 Å². The normalized spacial score (nSPS) is 10.8. The van der Waals surface area contributed by atoms with Crippen molar-refractivity contribution in [1.82, 2.24) is 0 Å². The van der Waals surface area contributed by atoms with Crippen LogP contribution in [0.15, 0.2) is 115 Å². The Labute approximate surface area is 180 Å². The van der Waals surface area contributed by atoms with Gasteiger partial charge in [0.05, 0.1) is 7.11 Å². The van der Waals surface area contributed by atoms with Crippen LogP contribution < -0.4 is 33.1 Å². The van der Waals surface area contributed by atoms with Gasteiger partial charge in [-0.3, -0.25) is 0 Å². The van der Waals surface area contributed by atoms with E-state index in [0.717, 1.165) is 11.9 Å². The molecule has 3 heteroatoms. The smallest absolute Gasteiger partial charge is 0.125 e. The van der Waals surface area contributed by atoms with E-state index in [1.54, 1.807) is 7.11 Å². The van der Waals surface area contributed by atoms with E-state index in [0.29, 0.717) is 0 Å². The highest BCUT2D eigenvalue weighted by atomic mass is 35.5. The van der Waals surface area contributed by atoms with Crippen LogP contribution in [-0.4, -0.2) is 7.11 Å². The summed E-state index contributed by atoms with van der Waals surface area (Å²) in [6.07, 6.45) is 0.926. The molecule has 146 valence electrons. The predicted octanol–water partition coefficient (Wildman–Crippen LogP) is 2.19. The summed E-state index contributed by atoms with van der Waals surface area (Å²) in [5, 5.41) is 4.16. The van der Waals surface area contributed by atoms with Crippen LogP contribution in [0.2, 0.25) is 0 Å². The molecule has 0 fully saturated rings. The molecule has 0 spiro atoms. The van der Waals surface area contributed by atoms with E-state index in [2.05, 4.69) is 109 Å². The lowest BCUT2D eigenvalue weighted by Crippen LogP contribution is -3.00. The molecule has 0 unspecified atom stereocenters. The number of rotatable bonds is 6. The Balaban J connectivity index is 0.00000240.